The van der Waals surface area contributed by atoms with Gasteiger partial charge in [-0.3, -0.25) is 14.5 Å². The molecule has 45 heavy (non-hydrogen) atoms. The summed E-state index contributed by atoms with van der Waals surface area (Å²) in [5.41, 5.74) is 3.13. The Morgan fingerprint density at radius 1 is 0.844 bits per heavy atom. The molecule has 0 saturated carbocycles. The summed E-state index contributed by atoms with van der Waals surface area (Å²) < 4.78 is 49.8. The van der Waals surface area contributed by atoms with Crippen LogP contribution in [-0.2, 0) is 19.1 Å². The van der Waals surface area contributed by atoms with E-state index in [9.17, 15) is 23.6 Å². The second-order valence-electron chi connectivity index (χ2n) is 10.3. The van der Waals surface area contributed by atoms with Gasteiger partial charge in [0.15, 0.2) is 6.17 Å². The zero-order valence-corrected chi connectivity index (χ0v) is 24.3. The first kappa shape index (κ1) is 31.1. The number of hydrogen-bond donors (Lipinski definition) is 0. The van der Waals surface area contributed by atoms with E-state index in [1.807, 2.05) is 0 Å². The average Bonchev–Trinajstić information content (AvgIpc) is 3.49. The first-order valence-electron chi connectivity index (χ1n) is 14.2. The van der Waals surface area contributed by atoms with Crippen LogP contribution in [0.1, 0.15) is 46.1 Å². The molecule has 0 N–H and O–H groups in total. The van der Waals surface area contributed by atoms with Crippen LogP contribution in [0, 0.1) is 6.92 Å². The average molecular weight is 618 g/mol. The molecule has 1 aliphatic carbocycles. The second-order valence-corrected chi connectivity index (χ2v) is 10.3. The van der Waals surface area contributed by atoms with E-state index in [0.717, 1.165) is 4.90 Å². The van der Waals surface area contributed by atoms with Gasteiger partial charge in [-0.2, -0.15) is 4.39 Å². The molecule has 1 heterocycles. The summed E-state index contributed by atoms with van der Waals surface area (Å²) in [6.07, 6.45) is 1.76. The SMILES string of the molecule is C=C(F)C(=O)OCCCOc1ccc(C(=O)Oc2ccc3c(c2)C(F)c2cc(OCCCN4C(=O)C=CC4=O)ccc2-3)cc1C. The molecule has 3 aromatic rings. The largest absolute Gasteiger partial charge is 0.494 e. The molecule has 0 aromatic heterocycles. The van der Waals surface area contributed by atoms with Gasteiger partial charge < -0.3 is 18.9 Å². The molecule has 0 spiro atoms. The lowest BCUT2D eigenvalue weighted by Crippen LogP contribution is -2.31. The highest BCUT2D eigenvalue weighted by Gasteiger charge is 2.30. The molecule has 0 fully saturated rings. The Kier molecular flexibility index (Phi) is 9.36. The van der Waals surface area contributed by atoms with Gasteiger partial charge in [-0.05, 0) is 72.5 Å². The standard InChI is InChI=1S/C34H29F2NO8/c1-20-17-22(5-10-29(20)43-15-4-16-44-33(40)21(2)35)34(41)45-24-7-9-26-25-8-6-23(18-27(25)32(36)28(26)19-24)42-14-3-13-37-30(38)11-12-31(37)39/h5-12,17-19,32H,2-4,13-16H2,1H3. The fourth-order valence-electron chi connectivity index (χ4n) is 4.97. The van der Waals surface area contributed by atoms with Crippen LogP contribution >= 0.6 is 0 Å². The molecule has 11 heteroatoms. The van der Waals surface area contributed by atoms with Crippen LogP contribution in [0.3, 0.4) is 0 Å². The van der Waals surface area contributed by atoms with E-state index in [1.165, 1.54) is 24.3 Å². The van der Waals surface area contributed by atoms with Crippen molar-refractivity contribution in [1.29, 1.82) is 0 Å². The van der Waals surface area contributed by atoms with Crippen LogP contribution in [0.5, 0.6) is 17.2 Å². The summed E-state index contributed by atoms with van der Waals surface area (Å²) in [7, 11) is 0. The quantitative estimate of drug-likeness (QED) is 0.0786. The Morgan fingerprint density at radius 2 is 1.49 bits per heavy atom. The predicted octanol–water partition coefficient (Wildman–Crippen LogP) is 5.74. The van der Waals surface area contributed by atoms with E-state index < -0.39 is 23.9 Å². The lowest BCUT2D eigenvalue weighted by Gasteiger charge is -2.14. The van der Waals surface area contributed by atoms with Gasteiger partial charge in [-0.1, -0.05) is 18.7 Å². The zero-order valence-electron chi connectivity index (χ0n) is 24.3. The van der Waals surface area contributed by atoms with Crippen molar-refractivity contribution >= 4 is 23.8 Å². The minimum absolute atomic E-state index is 0.0307. The van der Waals surface area contributed by atoms with Gasteiger partial charge in [-0.15, -0.1) is 0 Å². The summed E-state index contributed by atoms with van der Waals surface area (Å²) in [5, 5.41) is 0. The number of benzene rings is 3. The van der Waals surface area contributed by atoms with Gasteiger partial charge in [0.1, 0.15) is 17.2 Å². The van der Waals surface area contributed by atoms with Crippen molar-refractivity contribution in [3.8, 4) is 28.4 Å². The third-order valence-corrected chi connectivity index (χ3v) is 7.20. The zero-order chi connectivity index (χ0) is 32.1. The van der Waals surface area contributed by atoms with Crippen molar-refractivity contribution in [3.63, 3.8) is 0 Å². The van der Waals surface area contributed by atoms with Crippen LogP contribution in [0.25, 0.3) is 11.1 Å². The van der Waals surface area contributed by atoms with E-state index in [4.69, 9.17) is 14.2 Å². The molecule has 5 rings (SSSR count). The molecule has 0 saturated heterocycles. The van der Waals surface area contributed by atoms with Crippen molar-refractivity contribution < 1.29 is 46.9 Å². The second kappa shape index (κ2) is 13.5. The van der Waals surface area contributed by atoms with Gasteiger partial charge in [0.2, 0.25) is 5.83 Å². The van der Waals surface area contributed by atoms with Crippen molar-refractivity contribution in [2.24, 2.45) is 0 Å². The Hall–Kier alpha value is -5.32. The fourth-order valence-corrected chi connectivity index (χ4v) is 4.97. The monoisotopic (exact) mass is 617 g/mol. The highest BCUT2D eigenvalue weighted by Crippen LogP contribution is 2.48. The van der Waals surface area contributed by atoms with Crippen LogP contribution in [0.4, 0.5) is 8.78 Å². The maximum atomic E-state index is 15.6. The van der Waals surface area contributed by atoms with Crippen molar-refractivity contribution in [2.45, 2.75) is 25.9 Å². The van der Waals surface area contributed by atoms with E-state index >= 15 is 4.39 Å². The van der Waals surface area contributed by atoms with Crippen LogP contribution < -0.4 is 14.2 Å². The minimum atomic E-state index is -1.46. The number of fused-ring (bicyclic) bond motifs is 3. The van der Waals surface area contributed by atoms with Gasteiger partial charge in [-0.25, -0.2) is 14.0 Å². The van der Waals surface area contributed by atoms with E-state index in [0.29, 0.717) is 52.2 Å². The summed E-state index contributed by atoms with van der Waals surface area (Å²) in [6, 6.07) is 14.7. The van der Waals surface area contributed by atoms with E-state index in [-0.39, 0.29) is 49.5 Å². The number of aryl methyl sites for hydroxylation is 1. The highest BCUT2D eigenvalue weighted by atomic mass is 19.1. The number of ether oxygens (including phenoxy) is 4. The lowest BCUT2D eigenvalue weighted by atomic mass is 10.1. The number of carbonyl (C=O) groups is 4. The Balaban J connectivity index is 1.14. The van der Waals surface area contributed by atoms with Crippen LogP contribution in [-0.4, -0.2) is 55.0 Å². The minimum Gasteiger partial charge on any atom is -0.494 e. The number of imide groups is 1. The molecule has 0 bridgehead atoms. The van der Waals surface area contributed by atoms with Crippen molar-refractivity contribution in [1.82, 2.24) is 4.90 Å². The van der Waals surface area contributed by atoms with Gasteiger partial charge in [0, 0.05) is 36.2 Å². The Bertz CT molecular complexity index is 1700. The summed E-state index contributed by atoms with van der Waals surface area (Å²) >= 11 is 0. The summed E-state index contributed by atoms with van der Waals surface area (Å²) in [6.45, 7) is 5.26. The number of amides is 2. The molecular weight excluding hydrogens is 588 g/mol. The predicted molar refractivity (Wildman–Crippen MR) is 158 cm³/mol. The van der Waals surface area contributed by atoms with Crippen molar-refractivity contribution in [3.05, 3.63) is 101 Å². The fraction of sp³-hybridized carbons (Fsp3) is 0.235. The van der Waals surface area contributed by atoms with Gasteiger partial charge in [0.05, 0.1) is 25.4 Å². The first-order valence-corrected chi connectivity index (χ1v) is 14.2. The maximum Gasteiger partial charge on any atom is 0.366 e. The van der Waals surface area contributed by atoms with Crippen molar-refractivity contribution in [2.75, 3.05) is 26.4 Å². The molecule has 2 amide bonds. The number of esters is 2. The van der Waals surface area contributed by atoms with E-state index in [2.05, 4.69) is 11.3 Å². The normalized spacial score (nSPS) is 14.6. The lowest BCUT2D eigenvalue weighted by molar-refractivity contribution is -0.141. The first-order chi connectivity index (χ1) is 21.6. The molecule has 3 aromatic carbocycles. The van der Waals surface area contributed by atoms with Gasteiger partial charge >= 0.3 is 11.9 Å². The number of carbonyl (C=O) groups excluding carboxylic acids is 4. The number of halogens is 2. The molecule has 1 atom stereocenters. The molecular formula is C34H29F2NO8. The third kappa shape index (κ3) is 7.09. The van der Waals surface area contributed by atoms with E-state index in [1.54, 1.807) is 49.4 Å². The molecule has 0 radical (unpaired) electrons. The molecule has 1 aliphatic heterocycles. The molecule has 9 nitrogen and oxygen atoms in total. The maximum absolute atomic E-state index is 15.6. The number of alkyl halides is 1. The molecule has 232 valence electrons. The summed E-state index contributed by atoms with van der Waals surface area (Å²) in [5.74, 6) is -2.43. The van der Waals surface area contributed by atoms with Crippen LogP contribution in [0.2, 0.25) is 0 Å². The Labute approximate surface area is 257 Å². The molecule has 1 unspecified atom stereocenters. The Morgan fingerprint density at radius 3 is 2.16 bits per heavy atom. The number of nitrogens with zero attached hydrogens (tertiary/aromatic N) is 1. The number of rotatable bonds is 13. The number of hydrogen-bond acceptors (Lipinski definition) is 8. The smallest absolute Gasteiger partial charge is 0.366 e. The van der Waals surface area contributed by atoms with Gasteiger partial charge in [0.25, 0.3) is 11.8 Å². The summed E-state index contributed by atoms with van der Waals surface area (Å²) in [4.78, 5) is 48.4. The van der Waals surface area contributed by atoms with Crippen LogP contribution in [0.15, 0.2) is 79.2 Å². The third-order valence-electron chi connectivity index (χ3n) is 7.20. The molecule has 2 aliphatic rings. The topological polar surface area (TPSA) is 108 Å². The highest BCUT2D eigenvalue weighted by molar-refractivity contribution is 6.12.